The zero-order valence-electron chi connectivity index (χ0n) is 30.8. The molecule has 3 heterocycles. The fourth-order valence-corrected chi connectivity index (χ4v) is 6.50. The van der Waals surface area contributed by atoms with Gasteiger partial charge >= 0.3 is 23.9 Å². The second-order valence-electron chi connectivity index (χ2n) is 14.1. The topological polar surface area (TPSA) is 190 Å². The highest BCUT2D eigenvalue weighted by Crippen LogP contribution is 2.48. The molecule has 0 saturated carbocycles. The molecule has 3 rings (SSSR count). The number of ether oxygens (including phenoxy) is 3. The van der Waals surface area contributed by atoms with Gasteiger partial charge in [0.15, 0.2) is 5.79 Å². The number of carboxylic acids is 3. The van der Waals surface area contributed by atoms with Crippen LogP contribution in [0.4, 0.5) is 0 Å². The minimum atomic E-state index is -1.31. The molecule has 2 saturated heterocycles. The molecular weight excluding hydrogens is 672 g/mol. The van der Waals surface area contributed by atoms with Gasteiger partial charge in [-0.25, -0.2) is 19.2 Å². The Morgan fingerprint density at radius 3 is 2.37 bits per heavy atom. The number of aliphatic hydroxyl groups is 1. The van der Waals surface area contributed by atoms with E-state index in [0.29, 0.717) is 37.7 Å². The minimum absolute atomic E-state index is 0.0342. The van der Waals surface area contributed by atoms with Gasteiger partial charge in [0.2, 0.25) is 5.76 Å². The summed E-state index contributed by atoms with van der Waals surface area (Å²) in [5.74, 6) is -5.79. The first-order valence-electron chi connectivity index (χ1n) is 18.0. The molecular formula is C40H54O12. The van der Waals surface area contributed by atoms with E-state index in [1.165, 1.54) is 6.08 Å². The summed E-state index contributed by atoms with van der Waals surface area (Å²) in [5, 5.41) is 37.9. The molecule has 0 aliphatic carbocycles. The van der Waals surface area contributed by atoms with Crippen molar-refractivity contribution in [3.8, 4) is 0 Å². The largest absolute Gasteiger partial charge is 0.478 e. The highest BCUT2D eigenvalue weighted by molar-refractivity contribution is 5.93. The SMILES string of the molecule is CCCCCC[C@@]1(OC(=O)c2coc(C(=O)O)c2)CC[C@]2(CC[C@H](C)[C@@H](C/C=C(C)/C=C/[C@H](O)[C@@H](C)/C=C/C(=O)O)O2)O[C@H]1/C=C/C(C)=C/C(=O)O. The van der Waals surface area contributed by atoms with E-state index in [9.17, 15) is 34.5 Å². The minimum Gasteiger partial charge on any atom is -0.478 e. The first-order valence-corrected chi connectivity index (χ1v) is 18.0. The van der Waals surface area contributed by atoms with Gasteiger partial charge in [-0.15, -0.1) is 0 Å². The van der Waals surface area contributed by atoms with Crippen molar-refractivity contribution in [1.29, 1.82) is 0 Å². The number of rotatable bonds is 18. The summed E-state index contributed by atoms with van der Waals surface area (Å²) in [5.41, 5.74) is 0.175. The van der Waals surface area contributed by atoms with Crippen LogP contribution in [0.5, 0.6) is 0 Å². The van der Waals surface area contributed by atoms with Crippen LogP contribution in [0.1, 0.15) is 120 Å². The Morgan fingerprint density at radius 1 is 0.962 bits per heavy atom. The van der Waals surface area contributed by atoms with Crippen molar-refractivity contribution < 1.29 is 58.2 Å². The predicted molar refractivity (Wildman–Crippen MR) is 193 cm³/mol. The van der Waals surface area contributed by atoms with Crippen molar-refractivity contribution >= 4 is 23.9 Å². The van der Waals surface area contributed by atoms with E-state index in [2.05, 4.69) is 13.8 Å². The third kappa shape index (κ3) is 12.5. The van der Waals surface area contributed by atoms with Gasteiger partial charge in [-0.05, 0) is 57.4 Å². The van der Waals surface area contributed by atoms with E-state index < -0.39 is 47.5 Å². The summed E-state index contributed by atoms with van der Waals surface area (Å²) in [6, 6.07) is 1.13. The van der Waals surface area contributed by atoms with Crippen LogP contribution in [0.25, 0.3) is 0 Å². The Morgan fingerprint density at radius 2 is 1.71 bits per heavy atom. The third-order valence-corrected chi connectivity index (χ3v) is 9.76. The van der Waals surface area contributed by atoms with Crippen molar-refractivity contribution in [3.05, 3.63) is 83.4 Å². The molecule has 0 radical (unpaired) electrons. The number of hydrogen-bond donors (Lipinski definition) is 4. The number of aromatic carboxylic acids is 1. The summed E-state index contributed by atoms with van der Waals surface area (Å²) < 4.78 is 25.0. The molecule has 2 aliphatic rings. The number of hydrogen-bond acceptors (Lipinski definition) is 9. The van der Waals surface area contributed by atoms with Crippen LogP contribution in [0.3, 0.4) is 0 Å². The fourth-order valence-electron chi connectivity index (χ4n) is 6.50. The number of carbonyl (C=O) groups is 4. The lowest BCUT2D eigenvalue weighted by Crippen LogP contribution is -2.59. The molecule has 0 bridgehead atoms. The number of unbranched alkanes of at least 4 members (excludes halogenated alkanes) is 3. The molecule has 12 nitrogen and oxygen atoms in total. The number of carbonyl (C=O) groups excluding carboxylic acids is 1. The lowest BCUT2D eigenvalue weighted by atomic mass is 9.78. The number of allylic oxidation sites excluding steroid dienone is 4. The smallest absolute Gasteiger partial charge is 0.371 e. The van der Waals surface area contributed by atoms with Crippen LogP contribution in [0, 0.1) is 11.8 Å². The quantitative estimate of drug-likeness (QED) is 0.0501. The van der Waals surface area contributed by atoms with Gasteiger partial charge in [-0.1, -0.05) is 82.1 Å². The van der Waals surface area contributed by atoms with E-state index in [1.54, 1.807) is 38.2 Å². The molecule has 12 heteroatoms. The van der Waals surface area contributed by atoms with Gasteiger partial charge in [0, 0.05) is 37.0 Å². The summed E-state index contributed by atoms with van der Waals surface area (Å²) >= 11 is 0. The summed E-state index contributed by atoms with van der Waals surface area (Å²) in [4.78, 5) is 47.2. The average molecular weight is 727 g/mol. The van der Waals surface area contributed by atoms with Gasteiger partial charge in [0.25, 0.3) is 0 Å². The molecule has 286 valence electrons. The number of carboxylic acid groups (broad SMARTS) is 3. The number of esters is 1. The molecule has 1 aromatic rings. The van der Waals surface area contributed by atoms with Gasteiger partial charge in [-0.2, -0.15) is 0 Å². The first-order chi connectivity index (χ1) is 24.6. The average Bonchev–Trinajstić information content (AvgIpc) is 3.60. The van der Waals surface area contributed by atoms with Crippen molar-refractivity contribution in [3.63, 3.8) is 0 Å². The summed E-state index contributed by atoms with van der Waals surface area (Å²) in [7, 11) is 0. The number of aliphatic carboxylic acids is 2. The van der Waals surface area contributed by atoms with Crippen LogP contribution in [0.2, 0.25) is 0 Å². The molecule has 2 aliphatic heterocycles. The van der Waals surface area contributed by atoms with Crippen LogP contribution in [-0.2, 0) is 23.8 Å². The van der Waals surface area contributed by atoms with E-state index in [4.69, 9.17) is 23.7 Å². The third-order valence-electron chi connectivity index (χ3n) is 9.76. The number of aliphatic hydroxyl groups excluding tert-OH is 1. The van der Waals surface area contributed by atoms with Crippen molar-refractivity contribution in [2.75, 3.05) is 0 Å². The Bertz CT molecular complexity index is 1550. The van der Waals surface area contributed by atoms with Crippen LogP contribution in [0.15, 0.2) is 76.5 Å². The molecule has 0 amide bonds. The first kappa shape index (κ1) is 42.2. The maximum atomic E-state index is 13.5. The molecule has 7 atom stereocenters. The monoisotopic (exact) mass is 726 g/mol. The van der Waals surface area contributed by atoms with E-state index in [-0.39, 0.29) is 29.3 Å². The molecule has 2 fully saturated rings. The summed E-state index contributed by atoms with van der Waals surface area (Å²) in [6.45, 7) is 9.52. The lowest BCUT2D eigenvalue weighted by molar-refractivity contribution is -0.343. The van der Waals surface area contributed by atoms with Crippen molar-refractivity contribution in [2.45, 2.75) is 129 Å². The van der Waals surface area contributed by atoms with E-state index in [1.807, 2.05) is 13.0 Å². The van der Waals surface area contributed by atoms with Crippen molar-refractivity contribution in [1.82, 2.24) is 0 Å². The van der Waals surface area contributed by atoms with Crippen LogP contribution < -0.4 is 0 Å². The van der Waals surface area contributed by atoms with Gasteiger partial charge in [0.1, 0.15) is 18.0 Å². The molecule has 1 aromatic heterocycles. The van der Waals surface area contributed by atoms with Gasteiger partial charge in [-0.3, -0.25) is 0 Å². The maximum Gasteiger partial charge on any atom is 0.371 e. The second kappa shape index (κ2) is 19.5. The Hall–Kier alpha value is -4.26. The van der Waals surface area contributed by atoms with E-state index in [0.717, 1.165) is 62.2 Å². The number of furan rings is 1. The summed E-state index contributed by atoms with van der Waals surface area (Å²) in [6.07, 6.45) is 18.4. The molecule has 1 spiro atoms. The zero-order valence-corrected chi connectivity index (χ0v) is 30.8. The maximum absolute atomic E-state index is 13.5. The van der Waals surface area contributed by atoms with E-state index >= 15 is 0 Å². The fraction of sp³-hybridized carbons (Fsp3) is 0.550. The molecule has 0 unspecified atom stereocenters. The normalized spacial score (nSPS) is 27.0. The van der Waals surface area contributed by atoms with Crippen LogP contribution >= 0.6 is 0 Å². The molecule has 4 N–H and O–H groups in total. The Labute approximate surface area is 305 Å². The lowest BCUT2D eigenvalue weighted by Gasteiger charge is -2.53. The van der Waals surface area contributed by atoms with Crippen molar-refractivity contribution in [2.24, 2.45) is 11.8 Å². The van der Waals surface area contributed by atoms with Gasteiger partial charge < -0.3 is 39.1 Å². The molecule has 0 aromatic carbocycles. The highest BCUT2D eigenvalue weighted by Gasteiger charge is 2.54. The molecule has 52 heavy (non-hydrogen) atoms. The zero-order chi connectivity index (χ0) is 38.5. The van der Waals surface area contributed by atoms with Gasteiger partial charge in [0.05, 0.1) is 17.8 Å². The Kier molecular flexibility index (Phi) is 15.8. The standard InChI is InChI=1S/C40H54O12/c1-6-7-8-9-19-39(52-38(48)30-24-33(37(46)47)49-25-30)21-22-40(51-34(39)16-12-27(3)23-36(44)45)20-18-29(5)32(50-40)15-11-26(2)10-14-31(41)28(4)13-17-35(42)43/h10-14,16-17,23-25,28-29,31-32,34,41H,6-9,15,18-22H2,1-5H3,(H,42,43)(H,44,45)(H,46,47)/b14-10+,16-12+,17-13+,26-11+,27-23+/t28-,29-,31-,32+,34-,39+,40-/m0/s1. The second-order valence-corrected chi connectivity index (χ2v) is 14.1. The highest BCUT2D eigenvalue weighted by atomic mass is 16.7. The predicted octanol–water partition coefficient (Wildman–Crippen LogP) is 7.65. The van der Waals surface area contributed by atoms with Crippen LogP contribution in [-0.4, -0.2) is 74.0 Å². The Balaban J connectivity index is 1.89.